The highest BCUT2D eigenvalue weighted by Gasteiger charge is 2.13. The van der Waals surface area contributed by atoms with Crippen LogP contribution in [0.25, 0.3) is 0 Å². The second kappa shape index (κ2) is 5.32. The molecule has 0 aromatic rings. The Morgan fingerprint density at radius 1 is 1.30 bits per heavy atom. The lowest BCUT2D eigenvalue weighted by Gasteiger charge is -2.23. The van der Waals surface area contributed by atoms with Crippen LogP contribution in [-0.2, 0) is 4.74 Å². The third-order valence-electron chi connectivity index (χ3n) is 1.75. The van der Waals surface area contributed by atoms with E-state index >= 15 is 0 Å². The molecular weight excluding hydrogens is 124 g/mol. The third kappa shape index (κ3) is 3.53. The summed E-state index contributed by atoms with van der Waals surface area (Å²) in [5, 5.41) is 0. The molecule has 0 spiro atoms. The van der Waals surface area contributed by atoms with E-state index in [0.717, 1.165) is 12.5 Å². The summed E-state index contributed by atoms with van der Waals surface area (Å²) in [5.74, 6) is 0.888. The summed E-state index contributed by atoms with van der Waals surface area (Å²) in [4.78, 5) is 0. The summed E-state index contributed by atoms with van der Waals surface area (Å²) in [6, 6.07) is 0. The van der Waals surface area contributed by atoms with Gasteiger partial charge < -0.3 is 4.74 Å². The van der Waals surface area contributed by atoms with Crippen LogP contribution < -0.4 is 0 Å². The predicted octanol–water partition coefficient (Wildman–Crippen LogP) is 2.07. The standard InChI is InChI=1S/C7H14O.C2H2/c1-6-3-4-8-7(2)5-6;1-2/h6-7H,3-5H2,1-2H3;1-2H/t6-,7?;/m0./s1. The van der Waals surface area contributed by atoms with Gasteiger partial charge in [-0.2, -0.15) is 0 Å². The average Bonchev–Trinajstić information content (AvgIpc) is 1.91. The Bertz CT molecular complexity index is 88.1. The molecule has 1 fully saturated rings. The Morgan fingerprint density at radius 2 is 1.90 bits per heavy atom. The second-order valence-electron chi connectivity index (χ2n) is 2.81. The minimum atomic E-state index is 0.513. The molecule has 10 heavy (non-hydrogen) atoms. The van der Waals surface area contributed by atoms with Crippen molar-refractivity contribution in [2.45, 2.75) is 32.8 Å². The summed E-state index contributed by atoms with van der Waals surface area (Å²) in [5.41, 5.74) is 0. The zero-order valence-electron chi connectivity index (χ0n) is 6.84. The van der Waals surface area contributed by atoms with Crippen molar-refractivity contribution >= 4 is 0 Å². The van der Waals surface area contributed by atoms with Gasteiger partial charge in [0.15, 0.2) is 0 Å². The topological polar surface area (TPSA) is 9.23 Å². The van der Waals surface area contributed by atoms with Crippen molar-refractivity contribution in [1.82, 2.24) is 0 Å². The molecule has 1 heteroatoms. The van der Waals surface area contributed by atoms with Gasteiger partial charge in [0, 0.05) is 6.61 Å². The first-order valence-electron chi connectivity index (χ1n) is 3.74. The lowest BCUT2D eigenvalue weighted by Crippen LogP contribution is -2.20. The summed E-state index contributed by atoms with van der Waals surface area (Å²) < 4.78 is 5.35. The van der Waals surface area contributed by atoms with Crippen molar-refractivity contribution in [3.63, 3.8) is 0 Å². The summed E-state index contributed by atoms with van der Waals surface area (Å²) >= 11 is 0. The van der Waals surface area contributed by atoms with Gasteiger partial charge in [-0.3, -0.25) is 0 Å². The van der Waals surface area contributed by atoms with E-state index in [1.807, 2.05) is 0 Å². The van der Waals surface area contributed by atoms with Gasteiger partial charge in [0.25, 0.3) is 0 Å². The molecule has 0 bridgehead atoms. The molecule has 0 N–H and O–H groups in total. The molecular formula is C9H16O. The van der Waals surface area contributed by atoms with Crippen LogP contribution in [0.15, 0.2) is 0 Å². The van der Waals surface area contributed by atoms with Crippen LogP contribution in [0.5, 0.6) is 0 Å². The van der Waals surface area contributed by atoms with Crippen molar-refractivity contribution < 1.29 is 4.74 Å². The fraction of sp³-hybridized carbons (Fsp3) is 0.778. The van der Waals surface area contributed by atoms with Crippen molar-refractivity contribution in [3.8, 4) is 12.8 Å². The van der Waals surface area contributed by atoms with E-state index in [1.165, 1.54) is 12.8 Å². The first-order valence-corrected chi connectivity index (χ1v) is 3.74. The highest BCUT2D eigenvalue weighted by atomic mass is 16.5. The van der Waals surface area contributed by atoms with Crippen LogP contribution in [-0.4, -0.2) is 12.7 Å². The number of ether oxygens (including phenoxy) is 1. The van der Waals surface area contributed by atoms with Crippen LogP contribution >= 0.6 is 0 Å². The molecule has 1 aliphatic heterocycles. The van der Waals surface area contributed by atoms with Gasteiger partial charge in [0.2, 0.25) is 0 Å². The lowest BCUT2D eigenvalue weighted by molar-refractivity contribution is 0.00682. The summed E-state index contributed by atoms with van der Waals surface area (Å²) in [7, 11) is 0. The van der Waals surface area contributed by atoms with E-state index in [2.05, 4.69) is 26.7 Å². The van der Waals surface area contributed by atoms with Crippen LogP contribution in [0, 0.1) is 18.8 Å². The highest BCUT2D eigenvalue weighted by molar-refractivity contribution is 4.63. The van der Waals surface area contributed by atoms with Crippen molar-refractivity contribution in [2.75, 3.05) is 6.61 Å². The largest absolute Gasteiger partial charge is 0.378 e. The van der Waals surface area contributed by atoms with Gasteiger partial charge in [-0.15, -0.1) is 12.8 Å². The smallest absolute Gasteiger partial charge is 0.0549 e. The fourth-order valence-electron chi connectivity index (χ4n) is 1.22. The summed E-state index contributed by atoms with van der Waals surface area (Å²) in [6.45, 7) is 5.41. The van der Waals surface area contributed by atoms with E-state index in [9.17, 15) is 0 Å². The monoisotopic (exact) mass is 140 g/mol. The Balaban J connectivity index is 0.000000371. The fourth-order valence-corrected chi connectivity index (χ4v) is 1.22. The minimum absolute atomic E-state index is 0.513. The molecule has 1 heterocycles. The lowest BCUT2D eigenvalue weighted by atomic mass is 9.99. The highest BCUT2D eigenvalue weighted by Crippen LogP contribution is 2.18. The second-order valence-corrected chi connectivity index (χ2v) is 2.81. The maximum atomic E-state index is 5.35. The zero-order valence-corrected chi connectivity index (χ0v) is 6.84. The SMILES string of the molecule is C#C.CC1C[C@@H](C)CCO1. The average molecular weight is 140 g/mol. The maximum Gasteiger partial charge on any atom is 0.0549 e. The maximum absolute atomic E-state index is 5.35. The Hall–Kier alpha value is -0.480. The minimum Gasteiger partial charge on any atom is -0.378 e. The molecule has 1 nitrogen and oxygen atoms in total. The molecule has 1 unspecified atom stereocenters. The van der Waals surface area contributed by atoms with Crippen molar-refractivity contribution in [2.24, 2.45) is 5.92 Å². The van der Waals surface area contributed by atoms with Crippen LogP contribution in [0.4, 0.5) is 0 Å². The molecule has 0 amide bonds. The van der Waals surface area contributed by atoms with Gasteiger partial charge in [0.05, 0.1) is 6.10 Å². The number of rotatable bonds is 0. The normalized spacial score (nSPS) is 32.0. The first kappa shape index (κ1) is 9.52. The van der Waals surface area contributed by atoms with Crippen molar-refractivity contribution in [1.29, 1.82) is 0 Å². The van der Waals surface area contributed by atoms with E-state index in [1.54, 1.807) is 0 Å². The van der Waals surface area contributed by atoms with E-state index in [0.29, 0.717) is 6.10 Å². The van der Waals surface area contributed by atoms with E-state index in [4.69, 9.17) is 4.74 Å². The quantitative estimate of drug-likeness (QED) is 0.468. The Labute approximate surface area is 63.8 Å². The molecule has 58 valence electrons. The van der Waals surface area contributed by atoms with Crippen molar-refractivity contribution in [3.05, 3.63) is 0 Å². The van der Waals surface area contributed by atoms with Gasteiger partial charge in [-0.05, 0) is 25.7 Å². The molecule has 2 atom stereocenters. The number of hydrogen-bond donors (Lipinski definition) is 0. The third-order valence-corrected chi connectivity index (χ3v) is 1.75. The molecule has 0 aromatic carbocycles. The number of terminal acetylenes is 1. The van der Waals surface area contributed by atoms with E-state index in [-0.39, 0.29) is 0 Å². The molecule has 0 radical (unpaired) electrons. The zero-order chi connectivity index (χ0) is 7.98. The molecule has 0 aromatic heterocycles. The van der Waals surface area contributed by atoms with Crippen LogP contribution in [0.1, 0.15) is 26.7 Å². The van der Waals surface area contributed by atoms with Gasteiger partial charge >= 0.3 is 0 Å². The Kier molecular flexibility index (Phi) is 5.06. The molecule has 0 saturated carbocycles. The van der Waals surface area contributed by atoms with Crippen LogP contribution in [0.2, 0.25) is 0 Å². The van der Waals surface area contributed by atoms with Gasteiger partial charge in [0.1, 0.15) is 0 Å². The molecule has 1 aliphatic rings. The molecule has 0 aliphatic carbocycles. The number of hydrogen-bond acceptors (Lipinski definition) is 1. The Morgan fingerprint density at radius 3 is 2.20 bits per heavy atom. The predicted molar refractivity (Wildman–Crippen MR) is 43.7 cm³/mol. The van der Waals surface area contributed by atoms with Crippen LogP contribution in [0.3, 0.4) is 0 Å². The first-order chi connectivity index (χ1) is 4.79. The van der Waals surface area contributed by atoms with Gasteiger partial charge in [-0.25, -0.2) is 0 Å². The molecule has 1 saturated heterocycles. The van der Waals surface area contributed by atoms with Gasteiger partial charge in [-0.1, -0.05) is 6.92 Å². The van der Waals surface area contributed by atoms with E-state index < -0.39 is 0 Å². The summed E-state index contributed by atoms with van der Waals surface area (Å²) in [6.07, 6.45) is 11.0. The molecule has 1 rings (SSSR count).